The first-order chi connectivity index (χ1) is 20.9. The summed E-state index contributed by atoms with van der Waals surface area (Å²) in [5, 5.41) is 3.52. The van der Waals surface area contributed by atoms with Gasteiger partial charge in [0.15, 0.2) is 0 Å². The maximum absolute atomic E-state index is 12.3. The Bertz CT molecular complexity index is 959. The normalized spacial score (nSPS) is 35.4. The zero-order valence-electron chi connectivity index (χ0n) is 28.1. The van der Waals surface area contributed by atoms with E-state index in [1.54, 1.807) is 0 Å². The van der Waals surface area contributed by atoms with Crippen molar-refractivity contribution >= 4 is 18.4 Å². The fourth-order valence-corrected chi connectivity index (χ4v) is 8.40. The van der Waals surface area contributed by atoms with Gasteiger partial charge in [-0.2, -0.15) is 19.2 Å². The zero-order chi connectivity index (χ0) is 32.4. The predicted octanol–water partition coefficient (Wildman–Crippen LogP) is 4.44. The molecule has 1 amide bonds. The Balaban J connectivity index is 0.000000216. The second-order valence-corrected chi connectivity index (χ2v) is 15.1. The van der Waals surface area contributed by atoms with Crippen molar-refractivity contribution in [3.05, 3.63) is 0 Å². The zero-order valence-corrected chi connectivity index (χ0v) is 28.1. The molecule has 44 heavy (non-hydrogen) atoms. The lowest BCUT2D eigenvalue weighted by molar-refractivity contribution is -0.193. The number of likely N-dealkylation sites (tertiary alicyclic amines) is 3. The molecule has 6 aliphatic rings. The highest BCUT2D eigenvalue weighted by Crippen LogP contribution is 2.47. The van der Waals surface area contributed by atoms with Crippen molar-refractivity contribution < 1.29 is 28.7 Å². The number of rotatable bonds is 4. The van der Waals surface area contributed by atoms with E-state index in [0.29, 0.717) is 12.0 Å². The number of nitrogens with one attached hydrogen (secondary N) is 1. The molecule has 10 nitrogen and oxygen atoms in total. The lowest BCUT2D eigenvalue weighted by atomic mass is 9.91. The van der Waals surface area contributed by atoms with Crippen LogP contribution in [0.4, 0.5) is 4.79 Å². The molecule has 0 aromatic rings. The van der Waals surface area contributed by atoms with Gasteiger partial charge < -0.3 is 15.0 Å². The molecule has 1 N–H and O–H groups in total. The van der Waals surface area contributed by atoms with E-state index in [0.717, 1.165) is 61.3 Å². The van der Waals surface area contributed by atoms with Gasteiger partial charge in [0.1, 0.15) is 5.60 Å². The van der Waals surface area contributed by atoms with E-state index < -0.39 is 5.60 Å². The van der Waals surface area contributed by atoms with Gasteiger partial charge in [-0.3, -0.25) is 9.80 Å². The van der Waals surface area contributed by atoms with Crippen LogP contribution in [0, 0.1) is 29.6 Å². The van der Waals surface area contributed by atoms with E-state index in [1.807, 2.05) is 25.7 Å². The number of amides is 1. The fraction of sp³-hybridized carbons (Fsp3) is 0.912. The summed E-state index contributed by atoms with van der Waals surface area (Å²) >= 11 is 0. The molecule has 2 aliphatic carbocycles. The van der Waals surface area contributed by atoms with Gasteiger partial charge in [-0.1, -0.05) is 20.8 Å². The van der Waals surface area contributed by atoms with Gasteiger partial charge in [0.2, 0.25) is 0 Å². The van der Waals surface area contributed by atoms with Crippen LogP contribution in [0.5, 0.6) is 0 Å². The third-order valence-corrected chi connectivity index (χ3v) is 10.6. The molecule has 250 valence electrons. The Labute approximate surface area is 265 Å². The molecule has 6 fully saturated rings. The smallest absolute Gasteiger partial charge is 0.410 e. The van der Waals surface area contributed by atoms with Crippen LogP contribution in [-0.2, 0) is 23.9 Å². The summed E-state index contributed by atoms with van der Waals surface area (Å²) in [7, 11) is 0. The van der Waals surface area contributed by atoms with Crippen molar-refractivity contribution in [3.63, 3.8) is 0 Å². The fourth-order valence-electron chi connectivity index (χ4n) is 8.40. The second-order valence-electron chi connectivity index (χ2n) is 15.1. The van der Waals surface area contributed by atoms with E-state index in [9.17, 15) is 4.79 Å². The van der Waals surface area contributed by atoms with E-state index in [-0.39, 0.29) is 18.4 Å². The summed E-state index contributed by atoms with van der Waals surface area (Å²) in [5.41, 5.74) is -0.403. The van der Waals surface area contributed by atoms with Crippen molar-refractivity contribution in [2.45, 2.75) is 129 Å². The molecule has 2 saturated carbocycles. The third kappa shape index (κ3) is 10.5. The molecule has 8 atom stereocenters. The molecule has 0 radical (unpaired) electrons. The molecule has 4 heterocycles. The summed E-state index contributed by atoms with van der Waals surface area (Å²) in [6, 6.07) is 3.31. The van der Waals surface area contributed by atoms with Crippen molar-refractivity contribution in [2.75, 3.05) is 39.3 Å². The molecule has 10 heteroatoms. The molecular weight excluding hydrogens is 560 g/mol. The number of piperidine rings is 2. The Morgan fingerprint density at radius 2 is 1.27 bits per heavy atom. The lowest BCUT2D eigenvalue weighted by Gasteiger charge is -2.43. The van der Waals surface area contributed by atoms with Gasteiger partial charge in [-0.05, 0) is 134 Å². The maximum Gasteiger partial charge on any atom is 0.410 e. The number of nitrogens with zero attached hydrogens (tertiary/aromatic N) is 3. The topological polar surface area (TPSA) is 116 Å². The first kappa shape index (κ1) is 36.4. The molecular formula is C34H58N4O6. The number of carbonyl (C=O) groups excluding carboxylic acids is 5. The van der Waals surface area contributed by atoms with Crippen LogP contribution in [0.2, 0.25) is 0 Å². The minimum Gasteiger partial charge on any atom is -0.444 e. The highest BCUT2D eigenvalue weighted by Gasteiger charge is 2.47. The van der Waals surface area contributed by atoms with Gasteiger partial charge in [-0.15, -0.1) is 0 Å². The molecule has 6 rings (SSSR count). The number of carbonyl (C=O) groups is 1. The van der Waals surface area contributed by atoms with Gasteiger partial charge in [0, 0.05) is 37.3 Å². The van der Waals surface area contributed by atoms with Crippen LogP contribution in [0.25, 0.3) is 0 Å². The molecule has 0 aromatic carbocycles. The van der Waals surface area contributed by atoms with Gasteiger partial charge in [0.05, 0.1) is 0 Å². The molecule has 0 spiro atoms. The Morgan fingerprint density at radius 3 is 1.77 bits per heavy atom. The van der Waals surface area contributed by atoms with Crippen molar-refractivity contribution in [3.8, 4) is 0 Å². The van der Waals surface area contributed by atoms with E-state index in [4.69, 9.17) is 23.9 Å². The molecule has 0 aromatic heterocycles. The van der Waals surface area contributed by atoms with Crippen LogP contribution in [-0.4, -0.2) is 102 Å². The number of ether oxygens (including phenoxy) is 1. The molecule has 0 bridgehead atoms. The minimum atomic E-state index is -0.403. The van der Waals surface area contributed by atoms with Crippen molar-refractivity contribution in [1.29, 1.82) is 0 Å². The molecule has 4 aliphatic heterocycles. The first-order valence-corrected chi connectivity index (χ1v) is 17.1. The largest absolute Gasteiger partial charge is 0.444 e. The predicted molar refractivity (Wildman–Crippen MR) is 165 cm³/mol. The molecule has 4 saturated heterocycles. The lowest BCUT2D eigenvalue weighted by Crippen LogP contribution is -2.53. The summed E-state index contributed by atoms with van der Waals surface area (Å²) in [6.45, 7) is 19.7. The van der Waals surface area contributed by atoms with Crippen molar-refractivity contribution in [2.24, 2.45) is 29.6 Å². The average Bonchev–Trinajstić information content (AvgIpc) is 3.82. The highest BCUT2D eigenvalue weighted by atomic mass is 16.6. The summed E-state index contributed by atoms with van der Waals surface area (Å²) in [4.78, 5) is 52.4. The Hall–Kier alpha value is -2.09. The average molecular weight is 619 g/mol. The van der Waals surface area contributed by atoms with Crippen LogP contribution >= 0.6 is 0 Å². The second kappa shape index (κ2) is 17.0. The van der Waals surface area contributed by atoms with Crippen molar-refractivity contribution in [1.82, 2.24) is 20.0 Å². The summed E-state index contributed by atoms with van der Waals surface area (Å²) in [5.74, 6) is 4.34. The monoisotopic (exact) mass is 618 g/mol. The van der Waals surface area contributed by atoms with Crippen LogP contribution in [0.3, 0.4) is 0 Å². The number of hydrogen-bond acceptors (Lipinski definition) is 9. The van der Waals surface area contributed by atoms with Gasteiger partial charge in [0.25, 0.3) is 0 Å². The highest BCUT2D eigenvalue weighted by molar-refractivity contribution is 5.68. The first-order valence-electron chi connectivity index (χ1n) is 17.1. The maximum atomic E-state index is 12.3. The quantitative estimate of drug-likeness (QED) is 0.488. The Morgan fingerprint density at radius 1 is 0.727 bits per heavy atom. The van der Waals surface area contributed by atoms with Crippen LogP contribution in [0.15, 0.2) is 0 Å². The van der Waals surface area contributed by atoms with E-state index in [2.05, 4.69) is 35.9 Å². The standard InChI is InChI=1S/C19H34N2O2.C13H24N2.2CO2/c1-13-11-15(13)17-7-6-9-21(17)16-8-10-20(12-14(16)2)18(22)23-19(3,4)5;1-10-9-14-7-6-12(10)15-8-2-3-13(15)11-4-5-11;2*2-1-3/h13-17H,6-12H2,1-5H3;10-14H,2-9H2,1H3;;/t13?,14?,15?,16?,17-;10?,12?,13-;;/m00../s1. The summed E-state index contributed by atoms with van der Waals surface area (Å²) < 4.78 is 5.54. The van der Waals surface area contributed by atoms with Crippen LogP contribution < -0.4 is 5.32 Å². The molecule has 6 unspecified atom stereocenters. The van der Waals surface area contributed by atoms with Gasteiger partial charge >= 0.3 is 18.4 Å². The number of hydrogen-bond donors (Lipinski definition) is 1. The van der Waals surface area contributed by atoms with Crippen LogP contribution in [0.1, 0.15) is 99.3 Å². The van der Waals surface area contributed by atoms with Gasteiger partial charge in [-0.25, -0.2) is 4.79 Å². The summed E-state index contributed by atoms with van der Waals surface area (Å²) in [6.07, 6.45) is 13.0. The van der Waals surface area contributed by atoms with E-state index >= 15 is 0 Å². The third-order valence-electron chi connectivity index (χ3n) is 10.6. The minimum absolute atomic E-state index is 0.142. The van der Waals surface area contributed by atoms with E-state index in [1.165, 1.54) is 77.5 Å². The SMILES string of the molecule is CC1CC1[C@@H]1CCCN1C1CCN(C(=O)OC(C)(C)C)CC1C.CC1CNCCC1N1CCC[C@H]1C1CC1.O=C=O.O=C=O. The Kier molecular flexibility index (Phi) is 14.1.